The fourth-order valence-electron chi connectivity index (χ4n) is 1.95. The van der Waals surface area contributed by atoms with Crippen LogP contribution in [-0.4, -0.2) is 18.2 Å². The maximum absolute atomic E-state index is 10.4. The molecule has 0 aliphatic carbocycles. The molecule has 1 aliphatic rings. The molecule has 1 aromatic carbocycles. The van der Waals surface area contributed by atoms with Gasteiger partial charge in [0.25, 0.3) is 0 Å². The first-order valence-corrected chi connectivity index (χ1v) is 5.75. The van der Waals surface area contributed by atoms with E-state index in [-0.39, 0.29) is 0 Å². The molecule has 0 amide bonds. The molecule has 82 valence electrons. The van der Waals surface area contributed by atoms with Crippen LogP contribution in [0.5, 0.6) is 0 Å². The van der Waals surface area contributed by atoms with E-state index in [9.17, 15) is 5.11 Å². The molecule has 2 rings (SSSR count). The molecule has 1 fully saturated rings. The van der Waals surface area contributed by atoms with Gasteiger partial charge in [0, 0.05) is 10.0 Å². The summed E-state index contributed by atoms with van der Waals surface area (Å²) in [5, 5.41) is 14.8. The Morgan fingerprint density at radius 1 is 1.07 bits per heavy atom. The number of halogens is 2. The topological polar surface area (TPSA) is 32.3 Å². The summed E-state index contributed by atoms with van der Waals surface area (Å²) >= 11 is 11.8. The highest BCUT2D eigenvalue weighted by Crippen LogP contribution is 2.33. The Morgan fingerprint density at radius 3 is 2.13 bits per heavy atom. The summed E-state index contributed by atoms with van der Waals surface area (Å²) in [6.45, 7) is 1.64. The second-order valence-corrected chi connectivity index (χ2v) is 4.81. The van der Waals surface area contributed by atoms with Crippen LogP contribution in [0.1, 0.15) is 18.4 Å². The van der Waals surface area contributed by atoms with E-state index >= 15 is 0 Å². The van der Waals surface area contributed by atoms with Gasteiger partial charge in [-0.05, 0) is 49.7 Å². The summed E-state index contributed by atoms with van der Waals surface area (Å²) < 4.78 is 0. The van der Waals surface area contributed by atoms with Gasteiger partial charge in [0.05, 0.1) is 5.60 Å². The summed E-state index contributed by atoms with van der Waals surface area (Å²) in [7, 11) is 0. The van der Waals surface area contributed by atoms with Crippen molar-refractivity contribution in [3.63, 3.8) is 0 Å². The predicted octanol–water partition coefficient (Wildman–Crippen LogP) is 2.56. The largest absolute Gasteiger partial charge is 0.385 e. The van der Waals surface area contributed by atoms with Crippen LogP contribution >= 0.6 is 23.2 Å². The van der Waals surface area contributed by atoms with Crippen LogP contribution < -0.4 is 5.32 Å². The number of nitrogens with one attached hydrogen (secondary N) is 1. The third kappa shape index (κ3) is 2.45. The predicted molar refractivity (Wildman–Crippen MR) is 62.5 cm³/mol. The Balaban J connectivity index is 2.34. The van der Waals surface area contributed by atoms with Crippen molar-refractivity contribution >= 4 is 23.2 Å². The van der Waals surface area contributed by atoms with E-state index in [1.165, 1.54) is 0 Å². The number of hydrogen-bond donors (Lipinski definition) is 2. The number of rotatable bonds is 1. The summed E-state index contributed by atoms with van der Waals surface area (Å²) in [6, 6.07) is 5.26. The molecule has 2 nitrogen and oxygen atoms in total. The van der Waals surface area contributed by atoms with Crippen LogP contribution in [0.15, 0.2) is 18.2 Å². The van der Waals surface area contributed by atoms with Gasteiger partial charge in [-0.15, -0.1) is 0 Å². The van der Waals surface area contributed by atoms with Crippen molar-refractivity contribution in [3.05, 3.63) is 33.8 Å². The van der Waals surface area contributed by atoms with Crippen LogP contribution in [0.25, 0.3) is 0 Å². The molecular weight excluding hydrogens is 233 g/mol. The van der Waals surface area contributed by atoms with E-state index in [2.05, 4.69) is 5.32 Å². The van der Waals surface area contributed by atoms with Crippen LogP contribution in [0.4, 0.5) is 0 Å². The minimum absolute atomic E-state index is 0.574. The van der Waals surface area contributed by atoms with E-state index in [0.717, 1.165) is 18.7 Å². The lowest BCUT2D eigenvalue weighted by Gasteiger charge is -2.33. The molecule has 4 heteroatoms. The molecule has 0 saturated carbocycles. The quantitative estimate of drug-likeness (QED) is 0.798. The van der Waals surface area contributed by atoms with Gasteiger partial charge in [0.1, 0.15) is 0 Å². The standard InChI is InChI=1S/C11H13Cl2NO/c12-9-5-8(6-10(13)7-9)11(15)1-3-14-4-2-11/h5-7,14-15H,1-4H2. The molecule has 0 atom stereocenters. The molecule has 0 aromatic heterocycles. The zero-order valence-electron chi connectivity index (χ0n) is 8.26. The summed E-state index contributed by atoms with van der Waals surface area (Å²) in [6.07, 6.45) is 1.40. The minimum Gasteiger partial charge on any atom is -0.385 e. The highest BCUT2D eigenvalue weighted by molar-refractivity contribution is 6.34. The first-order chi connectivity index (χ1) is 7.10. The molecule has 0 spiro atoms. The molecule has 0 unspecified atom stereocenters. The number of piperidine rings is 1. The van der Waals surface area contributed by atoms with E-state index in [0.29, 0.717) is 22.9 Å². The van der Waals surface area contributed by atoms with Crippen LogP contribution in [0, 0.1) is 0 Å². The zero-order valence-corrected chi connectivity index (χ0v) is 9.78. The molecule has 1 heterocycles. The third-order valence-corrected chi connectivity index (χ3v) is 3.27. The van der Waals surface area contributed by atoms with Crippen LogP contribution in [0.2, 0.25) is 10.0 Å². The van der Waals surface area contributed by atoms with Gasteiger partial charge >= 0.3 is 0 Å². The maximum Gasteiger partial charge on any atom is 0.0921 e. The van der Waals surface area contributed by atoms with Gasteiger partial charge in [-0.25, -0.2) is 0 Å². The SMILES string of the molecule is OC1(c2cc(Cl)cc(Cl)c2)CCNCC1. The first kappa shape index (κ1) is 11.2. The molecule has 1 aromatic rings. The van der Waals surface area contributed by atoms with Crippen molar-refractivity contribution in [2.75, 3.05) is 13.1 Å². The molecular formula is C11H13Cl2NO. The van der Waals surface area contributed by atoms with Gasteiger partial charge in [-0.2, -0.15) is 0 Å². The lowest BCUT2D eigenvalue weighted by molar-refractivity contribution is 0.00595. The lowest BCUT2D eigenvalue weighted by atomic mass is 9.85. The Morgan fingerprint density at radius 2 is 1.60 bits per heavy atom. The highest BCUT2D eigenvalue weighted by atomic mass is 35.5. The molecule has 0 radical (unpaired) electrons. The van der Waals surface area contributed by atoms with Gasteiger partial charge in [-0.3, -0.25) is 0 Å². The molecule has 2 N–H and O–H groups in total. The van der Waals surface area contributed by atoms with Crippen molar-refractivity contribution in [2.24, 2.45) is 0 Å². The van der Waals surface area contributed by atoms with E-state index in [1.807, 2.05) is 0 Å². The lowest BCUT2D eigenvalue weighted by Crippen LogP contribution is -2.39. The van der Waals surface area contributed by atoms with E-state index in [4.69, 9.17) is 23.2 Å². The van der Waals surface area contributed by atoms with Crippen LogP contribution in [-0.2, 0) is 5.60 Å². The van der Waals surface area contributed by atoms with Gasteiger partial charge in [-0.1, -0.05) is 23.2 Å². The average molecular weight is 246 g/mol. The first-order valence-electron chi connectivity index (χ1n) is 5.00. The smallest absolute Gasteiger partial charge is 0.0921 e. The summed E-state index contributed by atoms with van der Waals surface area (Å²) in [5.41, 5.74) is 0.0428. The van der Waals surface area contributed by atoms with Crippen LogP contribution in [0.3, 0.4) is 0 Å². The maximum atomic E-state index is 10.4. The minimum atomic E-state index is -0.778. The fourth-order valence-corrected chi connectivity index (χ4v) is 2.48. The average Bonchev–Trinajstić information content (AvgIpc) is 2.17. The number of benzene rings is 1. The van der Waals surface area contributed by atoms with Crippen molar-refractivity contribution in [2.45, 2.75) is 18.4 Å². The summed E-state index contributed by atoms with van der Waals surface area (Å²) in [5.74, 6) is 0. The van der Waals surface area contributed by atoms with Crippen molar-refractivity contribution in [1.82, 2.24) is 5.32 Å². The summed E-state index contributed by atoms with van der Waals surface area (Å²) in [4.78, 5) is 0. The molecule has 1 aliphatic heterocycles. The second kappa shape index (κ2) is 4.30. The Labute approximate surface area is 99.2 Å². The molecule has 1 saturated heterocycles. The monoisotopic (exact) mass is 245 g/mol. The van der Waals surface area contributed by atoms with Crippen molar-refractivity contribution in [1.29, 1.82) is 0 Å². The second-order valence-electron chi connectivity index (χ2n) is 3.94. The van der Waals surface area contributed by atoms with Crippen molar-refractivity contribution in [3.8, 4) is 0 Å². The Hall–Kier alpha value is -0.280. The number of aliphatic hydroxyl groups is 1. The molecule has 15 heavy (non-hydrogen) atoms. The third-order valence-electron chi connectivity index (χ3n) is 2.83. The van der Waals surface area contributed by atoms with E-state index in [1.54, 1.807) is 18.2 Å². The Bertz CT molecular complexity index is 341. The number of hydrogen-bond acceptors (Lipinski definition) is 2. The zero-order chi connectivity index (χ0) is 10.9. The van der Waals surface area contributed by atoms with E-state index < -0.39 is 5.60 Å². The normalized spacial score (nSPS) is 20.2. The Kier molecular flexibility index (Phi) is 3.21. The van der Waals surface area contributed by atoms with Crippen molar-refractivity contribution < 1.29 is 5.11 Å². The highest BCUT2D eigenvalue weighted by Gasteiger charge is 2.31. The molecule has 0 bridgehead atoms. The van der Waals surface area contributed by atoms with Gasteiger partial charge < -0.3 is 10.4 Å². The van der Waals surface area contributed by atoms with Gasteiger partial charge in [0.15, 0.2) is 0 Å². The fraction of sp³-hybridized carbons (Fsp3) is 0.455. The van der Waals surface area contributed by atoms with Gasteiger partial charge in [0.2, 0.25) is 0 Å².